The molecule has 1 aromatic carbocycles. The molecule has 0 fully saturated rings. The molecule has 144 valence electrons. The van der Waals surface area contributed by atoms with E-state index < -0.39 is 18.0 Å². The number of benzene rings is 1. The van der Waals surface area contributed by atoms with Crippen molar-refractivity contribution in [3.8, 4) is 10.6 Å². The van der Waals surface area contributed by atoms with Crippen LogP contribution in [0.5, 0.6) is 0 Å². The second-order valence-corrected chi connectivity index (χ2v) is 7.41. The van der Waals surface area contributed by atoms with Crippen LogP contribution in [0.1, 0.15) is 35.2 Å². The quantitative estimate of drug-likeness (QED) is 0.644. The van der Waals surface area contributed by atoms with Gasteiger partial charge in [-0.05, 0) is 30.7 Å². The van der Waals surface area contributed by atoms with Crippen molar-refractivity contribution < 1.29 is 18.3 Å². The molecule has 0 spiro atoms. The molecule has 0 saturated heterocycles. The molecule has 0 aliphatic heterocycles. The van der Waals surface area contributed by atoms with Crippen LogP contribution in [0, 0.1) is 0 Å². The number of nitrogens with zero attached hydrogens (tertiary/aromatic N) is 2. The number of aliphatic hydroxyl groups excluding tert-OH is 1. The van der Waals surface area contributed by atoms with E-state index in [9.17, 15) is 18.3 Å². The topological polar surface area (TPSA) is 50.1 Å². The number of aryl methyl sites for hydroxylation is 1. The van der Waals surface area contributed by atoms with Gasteiger partial charge in [0.05, 0.1) is 11.0 Å². The monoisotopic (exact) mass is 395 g/mol. The van der Waals surface area contributed by atoms with Crippen molar-refractivity contribution in [2.75, 3.05) is 6.54 Å². The summed E-state index contributed by atoms with van der Waals surface area (Å²) in [6.45, 7) is 2.33. The SMILES string of the molecule is CC(NCC(O)c1ccccc1)c1ccc(-c2cc(C(F)(F)F)n(C)n2)s1. The van der Waals surface area contributed by atoms with Gasteiger partial charge in [-0.1, -0.05) is 30.3 Å². The first-order chi connectivity index (χ1) is 12.8. The molecule has 0 bridgehead atoms. The summed E-state index contributed by atoms with van der Waals surface area (Å²) in [5, 5.41) is 17.5. The average molecular weight is 395 g/mol. The van der Waals surface area contributed by atoms with Crippen molar-refractivity contribution in [3.05, 3.63) is 64.7 Å². The predicted octanol–water partition coefficient (Wildman–Crippen LogP) is 4.55. The zero-order chi connectivity index (χ0) is 19.6. The molecule has 2 N–H and O–H groups in total. The smallest absolute Gasteiger partial charge is 0.387 e. The van der Waals surface area contributed by atoms with E-state index in [0.29, 0.717) is 17.1 Å². The van der Waals surface area contributed by atoms with Gasteiger partial charge in [-0.25, -0.2) is 0 Å². The fourth-order valence-electron chi connectivity index (χ4n) is 2.76. The highest BCUT2D eigenvalue weighted by Crippen LogP contribution is 2.35. The first kappa shape index (κ1) is 19.6. The fraction of sp³-hybridized carbons (Fsp3) is 0.316. The molecule has 2 heterocycles. The van der Waals surface area contributed by atoms with E-state index in [1.54, 1.807) is 6.07 Å². The number of aromatic nitrogens is 2. The van der Waals surface area contributed by atoms with E-state index >= 15 is 0 Å². The summed E-state index contributed by atoms with van der Waals surface area (Å²) in [6, 6.07) is 14.0. The van der Waals surface area contributed by atoms with E-state index in [-0.39, 0.29) is 6.04 Å². The van der Waals surface area contributed by atoms with E-state index in [1.165, 1.54) is 18.4 Å². The second kappa shape index (κ2) is 7.84. The van der Waals surface area contributed by atoms with Crippen LogP contribution in [-0.2, 0) is 13.2 Å². The minimum Gasteiger partial charge on any atom is -0.387 e. The van der Waals surface area contributed by atoms with Gasteiger partial charge in [0.15, 0.2) is 0 Å². The largest absolute Gasteiger partial charge is 0.433 e. The lowest BCUT2D eigenvalue weighted by Crippen LogP contribution is -2.24. The maximum Gasteiger partial charge on any atom is 0.433 e. The van der Waals surface area contributed by atoms with E-state index in [1.807, 2.05) is 43.3 Å². The van der Waals surface area contributed by atoms with Crippen molar-refractivity contribution in [1.29, 1.82) is 0 Å². The molecule has 3 rings (SSSR count). The Labute approximate surface area is 159 Å². The highest BCUT2D eigenvalue weighted by Gasteiger charge is 2.35. The first-order valence-electron chi connectivity index (χ1n) is 8.43. The number of rotatable bonds is 6. The maximum atomic E-state index is 12.9. The van der Waals surface area contributed by atoms with Gasteiger partial charge in [-0.2, -0.15) is 18.3 Å². The van der Waals surface area contributed by atoms with Gasteiger partial charge in [-0.15, -0.1) is 11.3 Å². The number of nitrogens with one attached hydrogen (secondary N) is 1. The number of aliphatic hydroxyl groups is 1. The van der Waals surface area contributed by atoms with Crippen LogP contribution in [-0.4, -0.2) is 21.4 Å². The van der Waals surface area contributed by atoms with Crippen molar-refractivity contribution in [1.82, 2.24) is 15.1 Å². The van der Waals surface area contributed by atoms with Gasteiger partial charge in [0, 0.05) is 24.5 Å². The third-order valence-corrected chi connectivity index (χ3v) is 5.57. The lowest BCUT2D eigenvalue weighted by atomic mass is 10.1. The van der Waals surface area contributed by atoms with Crippen molar-refractivity contribution >= 4 is 11.3 Å². The molecule has 0 aliphatic carbocycles. The minimum absolute atomic E-state index is 0.0482. The Kier molecular flexibility index (Phi) is 5.69. The summed E-state index contributed by atoms with van der Waals surface area (Å²) in [7, 11) is 1.29. The Balaban J connectivity index is 1.67. The van der Waals surface area contributed by atoms with Crippen LogP contribution in [0.25, 0.3) is 10.6 Å². The van der Waals surface area contributed by atoms with Crippen molar-refractivity contribution in [2.24, 2.45) is 7.05 Å². The summed E-state index contributed by atoms with van der Waals surface area (Å²) >= 11 is 1.39. The standard InChI is InChI=1S/C19H20F3N3OS/c1-12(23-11-15(26)13-6-4-3-5-7-13)16-8-9-17(27-16)14-10-18(19(20,21)22)25(2)24-14/h3-10,12,15,23,26H,11H2,1-2H3. The van der Waals surface area contributed by atoms with Gasteiger partial charge in [0.25, 0.3) is 0 Å². The Hall–Kier alpha value is -2.16. The Morgan fingerprint density at radius 1 is 1.19 bits per heavy atom. The maximum absolute atomic E-state index is 12.9. The molecule has 3 aromatic rings. The zero-order valence-corrected chi connectivity index (χ0v) is 15.7. The molecule has 27 heavy (non-hydrogen) atoms. The summed E-state index contributed by atoms with van der Waals surface area (Å²) in [6.07, 6.45) is -5.05. The van der Waals surface area contributed by atoms with Crippen LogP contribution in [0.3, 0.4) is 0 Å². The highest BCUT2D eigenvalue weighted by molar-refractivity contribution is 7.15. The minimum atomic E-state index is -4.43. The van der Waals surface area contributed by atoms with Crippen LogP contribution in [0.2, 0.25) is 0 Å². The van der Waals surface area contributed by atoms with Crippen LogP contribution in [0.15, 0.2) is 48.5 Å². The predicted molar refractivity (Wildman–Crippen MR) is 99.3 cm³/mol. The lowest BCUT2D eigenvalue weighted by Gasteiger charge is -2.16. The van der Waals surface area contributed by atoms with E-state index in [0.717, 1.165) is 21.2 Å². The van der Waals surface area contributed by atoms with E-state index in [4.69, 9.17) is 0 Å². The third-order valence-electron chi connectivity index (χ3n) is 4.28. The second-order valence-electron chi connectivity index (χ2n) is 6.29. The molecular formula is C19H20F3N3OS. The van der Waals surface area contributed by atoms with Crippen LogP contribution in [0.4, 0.5) is 13.2 Å². The number of alkyl halides is 3. The highest BCUT2D eigenvalue weighted by atomic mass is 32.1. The molecule has 2 unspecified atom stereocenters. The molecule has 0 aliphatic rings. The summed E-state index contributed by atoms with van der Waals surface area (Å²) in [5.74, 6) is 0. The average Bonchev–Trinajstić information content (AvgIpc) is 3.26. The summed E-state index contributed by atoms with van der Waals surface area (Å²) < 4.78 is 39.7. The van der Waals surface area contributed by atoms with Crippen LogP contribution < -0.4 is 5.32 Å². The number of thiophene rings is 1. The zero-order valence-electron chi connectivity index (χ0n) is 14.9. The van der Waals surface area contributed by atoms with Gasteiger partial charge in [0.1, 0.15) is 11.4 Å². The van der Waals surface area contributed by atoms with Gasteiger partial charge < -0.3 is 10.4 Å². The number of hydrogen-bond donors (Lipinski definition) is 2. The third kappa shape index (κ3) is 4.58. The Morgan fingerprint density at radius 2 is 1.89 bits per heavy atom. The molecule has 4 nitrogen and oxygen atoms in total. The number of halogens is 3. The molecule has 0 radical (unpaired) electrons. The normalized spacial score (nSPS) is 14.3. The molecule has 8 heteroatoms. The van der Waals surface area contributed by atoms with Gasteiger partial charge in [-0.3, -0.25) is 4.68 Å². The molecule has 2 atom stereocenters. The van der Waals surface area contributed by atoms with Crippen molar-refractivity contribution in [2.45, 2.75) is 25.2 Å². The summed E-state index contributed by atoms with van der Waals surface area (Å²) in [5.41, 5.74) is 0.361. The first-order valence-corrected chi connectivity index (χ1v) is 9.25. The molecule has 0 saturated carbocycles. The molecule has 2 aromatic heterocycles. The van der Waals surface area contributed by atoms with E-state index in [2.05, 4.69) is 10.4 Å². The summed E-state index contributed by atoms with van der Waals surface area (Å²) in [4.78, 5) is 1.64. The number of hydrogen-bond acceptors (Lipinski definition) is 4. The van der Waals surface area contributed by atoms with Gasteiger partial charge in [0.2, 0.25) is 0 Å². The van der Waals surface area contributed by atoms with Gasteiger partial charge >= 0.3 is 6.18 Å². The van der Waals surface area contributed by atoms with Crippen molar-refractivity contribution in [3.63, 3.8) is 0 Å². The Bertz CT molecular complexity index is 889. The fourth-order valence-corrected chi connectivity index (χ4v) is 3.75. The lowest BCUT2D eigenvalue weighted by molar-refractivity contribution is -0.143. The molecule has 0 amide bonds. The molecular weight excluding hydrogens is 375 g/mol. The van der Waals surface area contributed by atoms with Crippen LogP contribution >= 0.6 is 11.3 Å². The Morgan fingerprint density at radius 3 is 2.52 bits per heavy atom.